The van der Waals surface area contributed by atoms with Crippen molar-refractivity contribution in [1.82, 2.24) is 0 Å². The van der Waals surface area contributed by atoms with Gasteiger partial charge in [-0.05, 0) is 30.6 Å². The van der Waals surface area contributed by atoms with E-state index < -0.39 is 0 Å². The highest BCUT2D eigenvalue weighted by Crippen LogP contribution is 2.24. The molecule has 0 aromatic carbocycles. The summed E-state index contributed by atoms with van der Waals surface area (Å²) in [5.74, 6) is 1.60. The van der Waals surface area contributed by atoms with Gasteiger partial charge in [0.2, 0.25) is 0 Å². The molecule has 0 aromatic heterocycles. The smallest absolute Gasteiger partial charge is 0.0591 e. The summed E-state index contributed by atoms with van der Waals surface area (Å²) in [7, 11) is 0. The summed E-state index contributed by atoms with van der Waals surface area (Å²) in [6, 6.07) is 0. The lowest BCUT2D eigenvalue weighted by molar-refractivity contribution is 0.0497. The normalized spacial score (nSPS) is 16.6. The molecule has 2 atom stereocenters. The summed E-state index contributed by atoms with van der Waals surface area (Å²) in [5, 5.41) is 9.97. The molecule has 0 aliphatic carbocycles. The Balaban J connectivity index is 4.06. The van der Waals surface area contributed by atoms with Crippen molar-refractivity contribution in [3.8, 4) is 0 Å². The van der Waals surface area contributed by atoms with Gasteiger partial charge in [0.25, 0.3) is 0 Å². The molecular formula is C12H26O. The third kappa shape index (κ3) is 5.30. The number of aliphatic hydroxyl groups is 1. The third-order valence-corrected chi connectivity index (χ3v) is 2.60. The predicted octanol–water partition coefficient (Wildman–Crippen LogP) is 3.47. The van der Waals surface area contributed by atoms with Crippen molar-refractivity contribution in [1.29, 1.82) is 0 Å². The minimum Gasteiger partial charge on any atom is -0.393 e. The maximum Gasteiger partial charge on any atom is 0.0591 e. The highest BCUT2D eigenvalue weighted by molar-refractivity contribution is 4.72. The molecule has 80 valence electrons. The molecule has 0 saturated heterocycles. The van der Waals surface area contributed by atoms with E-state index in [2.05, 4.69) is 34.6 Å². The molecule has 0 bridgehead atoms. The molecule has 0 rings (SSSR count). The first-order valence-corrected chi connectivity index (χ1v) is 5.67. The maximum atomic E-state index is 9.97. The molecule has 0 aliphatic heterocycles. The van der Waals surface area contributed by atoms with Crippen LogP contribution in [0.3, 0.4) is 0 Å². The van der Waals surface area contributed by atoms with Crippen molar-refractivity contribution in [2.75, 3.05) is 0 Å². The van der Waals surface area contributed by atoms with Crippen LogP contribution in [0.1, 0.15) is 53.9 Å². The molecule has 0 aromatic rings. The van der Waals surface area contributed by atoms with E-state index in [1.807, 2.05) is 0 Å². The average molecular weight is 186 g/mol. The van der Waals surface area contributed by atoms with Gasteiger partial charge in [-0.1, -0.05) is 41.0 Å². The average Bonchev–Trinajstić information content (AvgIpc) is 2.01. The van der Waals surface area contributed by atoms with Gasteiger partial charge in [-0.15, -0.1) is 0 Å². The first-order valence-electron chi connectivity index (χ1n) is 5.67. The van der Waals surface area contributed by atoms with Gasteiger partial charge in [0.1, 0.15) is 0 Å². The minimum absolute atomic E-state index is 0.109. The quantitative estimate of drug-likeness (QED) is 0.673. The van der Waals surface area contributed by atoms with Gasteiger partial charge in [-0.3, -0.25) is 0 Å². The molecule has 13 heavy (non-hydrogen) atoms. The first kappa shape index (κ1) is 13.0. The second-order valence-electron chi connectivity index (χ2n) is 4.91. The molecule has 0 spiro atoms. The van der Waals surface area contributed by atoms with E-state index in [9.17, 15) is 5.11 Å². The molecule has 0 saturated carbocycles. The highest BCUT2D eigenvalue weighted by atomic mass is 16.3. The van der Waals surface area contributed by atoms with Crippen molar-refractivity contribution < 1.29 is 5.11 Å². The number of hydrogen-bond acceptors (Lipinski definition) is 1. The van der Waals surface area contributed by atoms with Crippen LogP contribution in [-0.4, -0.2) is 11.2 Å². The van der Waals surface area contributed by atoms with E-state index in [4.69, 9.17) is 0 Å². The number of hydrogen-bond donors (Lipinski definition) is 1. The monoisotopic (exact) mass is 186 g/mol. The summed E-state index contributed by atoms with van der Waals surface area (Å²) in [6.45, 7) is 10.9. The lowest BCUT2D eigenvalue weighted by Crippen LogP contribution is -2.27. The Hall–Kier alpha value is -0.0400. The van der Waals surface area contributed by atoms with E-state index in [1.165, 1.54) is 6.42 Å². The second-order valence-corrected chi connectivity index (χ2v) is 4.91. The fourth-order valence-corrected chi connectivity index (χ4v) is 1.95. The standard InChI is InChI=1S/C12H26O/c1-6-7-11(8-9(2)3)12(13)10(4)5/h9-13H,6-8H2,1-5H3. The SMILES string of the molecule is CCCC(CC(C)C)C(O)C(C)C. The van der Waals surface area contributed by atoms with Crippen molar-refractivity contribution >= 4 is 0 Å². The van der Waals surface area contributed by atoms with E-state index >= 15 is 0 Å². The summed E-state index contributed by atoms with van der Waals surface area (Å²) < 4.78 is 0. The fraction of sp³-hybridized carbons (Fsp3) is 1.00. The fourth-order valence-electron chi connectivity index (χ4n) is 1.95. The van der Waals surface area contributed by atoms with Crippen LogP contribution >= 0.6 is 0 Å². The van der Waals surface area contributed by atoms with Gasteiger partial charge in [-0.2, -0.15) is 0 Å². The molecular weight excluding hydrogens is 160 g/mol. The van der Waals surface area contributed by atoms with Gasteiger partial charge in [0.05, 0.1) is 6.10 Å². The van der Waals surface area contributed by atoms with Gasteiger partial charge in [0, 0.05) is 0 Å². The molecule has 0 aliphatic rings. The zero-order valence-corrected chi connectivity index (χ0v) is 9.88. The van der Waals surface area contributed by atoms with Crippen LogP contribution in [0.4, 0.5) is 0 Å². The van der Waals surface area contributed by atoms with Crippen molar-refractivity contribution in [3.63, 3.8) is 0 Å². The Kier molecular flexibility index (Phi) is 6.40. The lowest BCUT2D eigenvalue weighted by atomic mass is 9.84. The first-order chi connectivity index (χ1) is 5.99. The van der Waals surface area contributed by atoms with Crippen molar-refractivity contribution in [2.45, 2.75) is 60.0 Å². The Morgan fingerprint density at radius 3 is 1.92 bits per heavy atom. The molecule has 0 radical (unpaired) electrons. The molecule has 0 amide bonds. The van der Waals surface area contributed by atoms with E-state index in [0.717, 1.165) is 12.8 Å². The van der Waals surface area contributed by atoms with Crippen LogP contribution in [-0.2, 0) is 0 Å². The van der Waals surface area contributed by atoms with E-state index in [-0.39, 0.29) is 6.10 Å². The van der Waals surface area contributed by atoms with Crippen LogP contribution < -0.4 is 0 Å². The Morgan fingerprint density at radius 2 is 1.62 bits per heavy atom. The van der Waals surface area contributed by atoms with Gasteiger partial charge in [0.15, 0.2) is 0 Å². The lowest BCUT2D eigenvalue weighted by Gasteiger charge is -2.26. The van der Waals surface area contributed by atoms with E-state index in [1.54, 1.807) is 0 Å². The number of rotatable bonds is 6. The van der Waals surface area contributed by atoms with Gasteiger partial charge < -0.3 is 5.11 Å². The topological polar surface area (TPSA) is 20.2 Å². The predicted molar refractivity (Wildman–Crippen MR) is 58.7 cm³/mol. The molecule has 1 N–H and O–H groups in total. The van der Waals surface area contributed by atoms with Crippen molar-refractivity contribution in [2.24, 2.45) is 17.8 Å². The largest absolute Gasteiger partial charge is 0.393 e. The van der Waals surface area contributed by atoms with Gasteiger partial charge in [-0.25, -0.2) is 0 Å². The van der Waals surface area contributed by atoms with Gasteiger partial charge >= 0.3 is 0 Å². The second kappa shape index (κ2) is 6.42. The molecule has 0 fully saturated rings. The maximum absolute atomic E-state index is 9.97. The van der Waals surface area contributed by atoms with Crippen LogP contribution in [0.25, 0.3) is 0 Å². The number of aliphatic hydroxyl groups excluding tert-OH is 1. The van der Waals surface area contributed by atoms with Crippen LogP contribution in [0, 0.1) is 17.8 Å². The zero-order valence-electron chi connectivity index (χ0n) is 9.88. The molecule has 1 nitrogen and oxygen atoms in total. The summed E-state index contributed by atoms with van der Waals surface area (Å²) >= 11 is 0. The summed E-state index contributed by atoms with van der Waals surface area (Å²) in [6.07, 6.45) is 3.40. The molecule has 1 heteroatoms. The van der Waals surface area contributed by atoms with E-state index in [0.29, 0.717) is 17.8 Å². The Labute approximate surface area is 83.5 Å². The van der Waals surface area contributed by atoms with Crippen molar-refractivity contribution in [3.05, 3.63) is 0 Å². The van der Waals surface area contributed by atoms with Crippen LogP contribution in [0.5, 0.6) is 0 Å². The highest BCUT2D eigenvalue weighted by Gasteiger charge is 2.21. The zero-order chi connectivity index (χ0) is 10.4. The third-order valence-electron chi connectivity index (χ3n) is 2.60. The Morgan fingerprint density at radius 1 is 1.08 bits per heavy atom. The van der Waals surface area contributed by atoms with Crippen LogP contribution in [0.15, 0.2) is 0 Å². The van der Waals surface area contributed by atoms with Crippen LogP contribution in [0.2, 0.25) is 0 Å². The summed E-state index contributed by atoms with van der Waals surface area (Å²) in [4.78, 5) is 0. The summed E-state index contributed by atoms with van der Waals surface area (Å²) in [5.41, 5.74) is 0. The minimum atomic E-state index is -0.109. The Bertz CT molecular complexity index is 118. The molecule has 2 unspecified atom stereocenters. The molecule has 0 heterocycles.